The van der Waals surface area contributed by atoms with Crippen LogP contribution >= 0.6 is 23.2 Å². The van der Waals surface area contributed by atoms with Gasteiger partial charge < -0.3 is 19.7 Å². The van der Waals surface area contributed by atoms with Gasteiger partial charge in [0.05, 0.1) is 17.3 Å². The molecule has 0 unspecified atom stereocenters. The molecule has 31 heavy (non-hydrogen) atoms. The van der Waals surface area contributed by atoms with Gasteiger partial charge in [0.15, 0.2) is 13.2 Å². The molecule has 0 bridgehead atoms. The highest BCUT2D eigenvalue weighted by Gasteiger charge is 2.26. The van der Waals surface area contributed by atoms with Crippen molar-refractivity contribution in [2.75, 3.05) is 23.4 Å². The van der Waals surface area contributed by atoms with Crippen molar-refractivity contribution in [3.8, 4) is 11.5 Å². The Morgan fingerprint density at radius 2 is 1.77 bits per heavy atom. The largest absolute Gasteiger partial charge is 0.482 e. The summed E-state index contributed by atoms with van der Waals surface area (Å²) in [5.74, 6) is 0.421. The van der Waals surface area contributed by atoms with E-state index in [9.17, 15) is 9.59 Å². The summed E-state index contributed by atoms with van der Waals surface area (Å²) in [6.45, 7) is 0.0241. The van der Waals surface area contributed by atoms with Crippen molar-refractivity contribution < 1.29 is 19.1 Å². The van der Waals surface area contributed by atoms with Gasteiger partial charge in [0.1, 0.15) is 11.5 Å². The number of benzene rings is 3. The van der Waals surface area contributed by atoms with Gasteiger partial charge in [0, 0.05) is 10.7 Å². The van der Waals surface area contributed by atoms with Gasteiger partial charge in [0.25, 0.3) is 11.8 Å². The van der Waals surface area contributed by atoms with Crippen molar-refractivity contribution in [1.29, 1.82) is 0 Å². The van der Waals surface area contributed by atoms with Gasteiger partial charge in [0.2, 0.25) is 0 Å². The molecule has 0 aromatic heterocycles. The fraction of sp³-hybridized carbons (Fsp3) is 0.130. The van der Waals surface area contributed by atoms with Crippen LogP contribution in [0.3, 0.4) is 0 Å². The van der Waals surface area contributed by atoms with Crippen LogP contribution in [0.15, 0.2) is 66.7 Å². The molecule has 0 saturated carbocycles. The first-order valence-electron chi connectivity index (χ1n) is 9.49. The average molecular weight is 457 g/mol. The molecule has 0 atom stereocenters. The monoisotopic (exact) mass is 456 g/mol. The van der Waals surface area contributed by atoms with Gasteiger partial charge in [-0.05, 0) is 42.0 Å². The maximum absolute atomic E-state index is 12.5. The molecule has 1 N–H and O–H groups in total. The second-order valence-electron chi connectivity index (χ2n) is 6.81. The molecule has 6 nitrogen and oxygen atoms in total. The first-order valence-corrected chi connectivity index (χ1v) is 10.2. The van der Waals surface area contributed by atoms with E-state index in [1.165, 1.54) is 0 Å². The van der Waals surface area contributed by atoms with E-state index in [-0.39, 0.29) is 25.0 Å². The van der Waals surface area contributed by atoms with E-state index in [2.05, 4.69) is 5.32 Å². The molecule has 1 aliphatic rings. The molecule has 0 spiro atoms. The molecule has 0 fully saturated rings. The highest BCUT2D eigenvalue weighted by atomic mass is 35.5. The fourth-order valence-electron chi connectivity index (χ4n) is 3.15. The van der Waals surface area contributed by atoms with Crippen LogP contribution in [-0.2, 0) is 16.1 Å². The minimum Gasteiger partial charge on any atom is -0.482 e. The Morgan fingerprint density at radius 1 is 1.03 bits per heavy atom. The van der Waals surface area contributed by atoms with Crippen molar-refractivity contribution in [3.05, 3.63) is 82.3 Å². The maximum Gasteiger partial charge on any atom is 0.265 e. The lowest BCUT2D eigenvalue weighted by molar-refractivity contribution is -0.121. The van der Waals surface area contributed by atoms with E-state index in [1.54, 1.807) is 53.4 Å². The molecule has 2 amide bonds. The maximum atomic E-state index is 12.5. The number of fused-ring (bicyclic) bond motifs is 1. The number of ether oxygens (including phenoxy) is 2. The van der Waals surface area contributed by atoms with Crippen LogP contribution in [0.4, 0.5) is 11.4 Å². The molecule has 8 heteroatoms. The summed E-state index contributed by atoms with van der Waals surface area (Å²) in [6, 6.07) is 19.4. The molecule has 0 aliphatic carbocycles. The first kappa shape index (κ1) is 21.0. The molecule has 1 aliphatic heterocycles. The molecule has 3 aromatic carbocycles. The number of rotatable bonds is 6. The number of nitrogens with zero attached hydrogens (tertiary/aromatic N) is 1. The molecule has 0 saturated heterocycles. The van der Waals surface area contributed by atoms with Crippen molar-refractivity contribution in [3.63, 3.8) is 0 Å². The lowest BCUT2D eigenvalue weighted by atomic mass is 10.1. The molecule has 158 valence electrons. The van der Waals surface area contributed by atoms with Crippen LogP contribution in [-0.4, -0.2) is 25.0 Å². The molecular formula is C23H18Cl2N2O4. The average Bonchev–Trinajstić information content (AvgIpc) is 2.76. The van der Waals surface area contributed by atoms with Crippen molar-refractivity contribution in [2.45, 2.75) is 6.54 Å². The third-order valence-corrected chi connectivity index (χ3v) is 5.35. The van der Waals surface area contributed by atoms with Crippen LogP contribution in [0.25, 0.3) is 0 Å². The summed E-state index contributed by atoms with van der Waals surface area (Å²) in [6.07, 6.45) is 0. The number of hydrogen-bond acceptors (Lipinski definition) is 4. The first-order chi connectivity index (χ1) is 15.0. The predicted octanol–water partition coefficient (Wildman–Crippen LogP) is 4.94. The number of para-hydroxylation sites is 1. The smallest absolute Gasteiger partial charge is 0.265 e. The second-order valence-corrected chi connectivity index (χ2v) is 7.62. The fourth-order valence-corrected chi connectivity index (χ4v) is 3.54. The number of carbonyl (C=O) groups excluding carboxylic acids is 2. The Bertz CT molecular complexity index is 1140. The van der Waals surface area contributed by atoms with E-state index < -0.39 is 0 Å². The third-order valence-electron chi connectivity index (χ3n) is 4.67. The minimum atomic E-state index is -0.361. The van der Waals surface area contributed by atoms with E-state index in [1.807, 2.05) is 18.2 Å². The van der Waals surface area contributed by atoms with Crippen molar-refractivity contribution >= 4 is 46.4 Å². The SMILES string of the molecule is O=C(COc1ccccc1Cl)Nc1ccc2c(c1)N(Cc1ccccc1Cl)C(=O)CO2. The van der Waals surface area contributed by atoms with Gasteiger partial charge in [-0.15, -0.1) is 0 Å². The Kier molecular flexibility index (Phi) is 6.30. The second kappa shape index (κ2) is 9.29. The van der Waals surface area contributed by atoms with E-state index in [4.69, 9.17) is 32.7 Å². The Balaban J connectivity index is 1.49. The molecular weight excluding hydrogens is 439 g/mol. The third kappa shape index (κ3) is 4.93. The predicted molar refractivity (Wildman–Crippen MR) is 120 cm³/mol. The zero-order chi connectivity index (χ0) is 21.8. The Hall–Kier alpha value is -3.22. The quantitative estimate of drug-likeness (QED) is 0.570. The van der Waals surface area contributed by atoms with Crippen molar-refractivity contribution in [2.24, 2.45) is 0 Å². The standard InChI is InChI=1S/C23H18Cl2N2O4/c24-17-6-2-1-5-15(17)12-27-19-11-16(9-10-21(19)31-14-23(27)29)26-22(28)13-30-20-8-4-3-7-18(20)25/h1-11H,12-14H2,(H,26,28). The lowest BCUT2D eigenvalue weighted by Gasteiger charge is -2.30. The highest BCUT2D eigenvalue weighted by molar-refractivity contribution is 6.32. The zero-order valence-corrected chi connectivity index (χ0v) is 17.8. The minimum absolute atomic E-state index is 0.0607. The van der Waals surface area contributed by atoms with E-state index >= 15 is 0 Å². The summed E-state index contributed by atoms with van der Waals surface area (Å²) in [7, 11) is 0. The number of halogens is 2. The molecule has 0 radical (unpaired) electrons. The number of carbonyl (C=O) groups is 2. The van der Waals surface area contributed by atoms with Gasteiger partial charge in [-0.2, -0.15) is 0 Å². The summed E-state index contributed by atoms with van der Waals surface area (Å²) in [5, 5.41) is 3.77. The van der Waals surface area contributed by atoms with E-state index in [0.717, 1.165) is 5.56 Å². The Morgan fingerprint density at radius 3 is 2.55 bits per heavy atom. The van der Waals surface area contributed by atoms with Crippen LogP contribution in [0, 0.1) is 0 Å². The zero-order valence-electron chi connectivity index (χ0n) is 16.3. The summed E-state index contributed by atoms with van der Waals surface area (Å²) in [4.78, 5) is 26.5. The molecule has 3 aromatic rings. The van der Waals surface area contributed by atoms with Crippen molar-refractivity contribution in [1.82, 2.24) is 0 Å². The van der Waals surface area contributed by atoms with Crippen LogP contribution in [0.2, 0.25) is 10.0 Å². The number of hydrogen-bond donors (Lipinski definition) is 1. The van der Waals surface area contributed by atoms with Crippen LogP contribution in [0.5, 0.6) is 11.5 Å². The topological polar surface area (TPSA) is 67.9 Å². The van der Waals surface area contributed by atoms with Gasteiger partial charge in [-0.25, -0.2) is 0 Å². The highest BCUT2D eigenvalue weighted by Crippen LogP contribution is 2.36. The number of anilines is 2. The summed E-state index contributed by atoms with van der Waals surface area (Å²) < 4.78 is 11.0. The summed E-state index contributed by atoms with van der Waals surface area (Å²) >= 11 is 12.3. The normalized spacial score (nSPS) is 12.7. The molecule has 1 heterocycles. The lowest BCUT2D eigenvalue weighted by Crippen LogP contribution is -2.38. The summed E-state index contributed by atoms with van der Waals surface area (Å²) in [5.41, 5.74) is 1.88. The van der Waals surface area contributed by atoms with Crippen LogP contribution < -0.4 is 19.7 Å². The number of amides is 2. The Labute approximate surface area is 189 Å². The van der Waals surface area contributed by atoms with Crippen LogP contribution in [0.1, 0.15) is 5.56 Å². The van der Waals surface area contributed by atoms with Gasteiger partial charge in [-0.1, -0.05) is 53.5 Å². The van der Waals surface area contributed by atoms with Gasteiger partial charge >= 0.3 is 0 Å². The molecule has 4 rings (SSSR count). The van der Waals surface area contributed by atoms with Gasteiger partial charge in [-0.3, -0.25) is 9.59 Å². The number of nitrogens with one attached hydrogen (secondary N) is 1. The van der Waals surface area contributed by atoms with E-state index in [0.29, 0.717) is 39.5 Å².